The van der Waals surface area contributed by atoms with Crippen LogP contribution in [-0.2, 0) is 10.8 Å². The second kappa shape index (κ2) is 4.18. The molecule has 14 heavy (non-hydrogen) atoms. The number of hydrogen-bond acceptors (Lipinski definition) is 4. The highest BCUT2D eigenvalue weighted by Crippen LogP contribution is 2.33. The van der Waals surface area contributed by atoms with Crippen LogP contribution in [0.3, 0.4) is 0 Å². The molecule has 2 aliphatic rings. The molecule has 0 aromatic carbocycles. The van der Waals surface area contributed by atoms with Crippen LogP contribution in [0, 0.1) is 0 Å². The van der Waals surface area contributed by atoms with Crippen molar-refractivity contribution in [1.29, 1.82) is 0 Å². The van der Waals surface area contributed by atoms with E-state index in [0.29, 0.717) is 11.3 Å². The highest BCUT2D eigenvalue weighted by atomic mass is 32.2. The predicted octanol–water partition coefficient (Wildman–Crippen LogP) is 0.0260. The highest BCUT2D eigenvalue weighted by Gasteiger charge is 2.33. The molecule has 1 heterocycles. The van der Waals surface area contributed by atoms with E-state index in [1.807, 2.05) is 0 Å². The molecule has 2 N–H and O–H groups in total. The van der Waals surface area contributed by atoms with Gasteiger partial charge in [0.2, 0.25) is 0 Å². The van der Waals surface area contributed by atoms with Crippen molar-refractivity contribution >= 4 is 22.6 Å². The van der Waals surface area contributed by atoms with Crippen LogP contribution in [0.15, 0.2) is 23.8 Å². The Morgan fingerprint density at radius 2 is 2.29 bits per heavy atom. The molecule has 3 nitrogen and oxygen atoms in total. The summed E-state index contributed by atoms with van der Waals surface area (Å²) in [5, 5.41) is 19.1. The Morgan fingerprint density at radius 1 is 1.50 bits per heavy atom. The first-order valence-electron chi connectivity index (χ1n) is 4.43. The van der Waals surface area contributed by atoms with Gasteiger partial charge in [0.25, 0.3) is 0 Å². The van der Waals surface area contributed by atoms with E-state index in [-0.39, 0.29) is 4.58 Å². The fourth-order valence-corrected chi connectivity index (χ4v) is 5.15. The Labute approximate surface area is 89.4 Å². The van der Waals surface area contributed by atoms with Crippen molar-refractivity contribution in [3.8, 4) is 0 Å². The van der Waals surface area contributed by atoms with Crippen molar-refractivity contribution in [2.75, 3.05) is 11.5 Å². The number of hydrogen-bond donors (Lipinski definition) is 2. The molecule has 78 valence electrons. The third kappa shape index (κ3) is 1.82. The average molecular weight is 232 g/mol. The molecule has 4 atom stereocenters. The Bertz CT molecular complexity index is 311. The maximum atomic E-state index is 11.6. The second-order valence-electron chi connectivity index (χ2n) is 3.27. The molecular weight excluding hydrogens is 220 g/mol. The van der Waals surface area contributed by atoms with Crippen molar-refractivity contribution in [3.05, 3.63) is 23.8 Å². The first-order chi connectivity index (χ1) is 6.70. The molecule has 0 amide bonds. The van der Waals surface area contributed by atoms with Crippen molar-refractivity contribution < 1.29 is 14.4 Å². The van der Waals surface area contributed by atoms with Crippen LogP contribution in [0.2, 0.25) is 0 Å². The zero-order valence-electron chi connectivity index (χ0n) is 7.50. The number of aliphatic hydroxyl groups excluding tert-OH is 2. The fourth-order valence-electron chi connectivity index (χ4n) is 1.57. The Morgan fingerprint density at radius 3 is 2.93 bits per heavy atom. The summed E-state index contributed by atoms with van der Waals surface area (Å²) >= 11 is 1.59. The third-order valence-electron chi connectivity index (χ3n) is 2.33. The molecule has 5 heteroatoms. The van der Waals surface area contributed by atoms with Gasteiger partial charge in [-0.1, -0.05) is 18.2 Å². The third-order valence-corrected chi connectivity index (χ3v) is 6.01. The molecule has 1 saturated heterocycles. The summed E-state index contributed by atoms with van der Waals surface area (Å²) in [6.45, 7) is 0. The van der Waals surface area contributed by atoms with Crippen LogP contribution in [0.4, 0.5) is 0 Å². The zero-order chi connectivity index (χ0) is 10.1. The summed E-state index contributed by atoms with van der Waals surface area (Å²) in [5.41, 5.74) is 0.695. The first-order valence-corrected chi connectivity index (χ1v) is 6.86. The van der Waals surface area contributed by atoms with Gasteiger partial charge in [0.1, 0.15) is 16.8 Å². The summed E-state index contributed by atoms with van der Waals surface area (Å²) < 4.78 is 11.4. The average Bonchev–Trinajstić information content (AvgIpc) is 2.57. The molecule has 2 rings (SSSR count). The van der Waals surface area contributed by atoms with E-state index in [2.05, 4.69) is 0 Å². The minimum Gasteiger partial charge on any atom is -0.386 e. The molecule has 1 aliphatic heterocycles. The van der Waals surface area contributed by atoms with E-state index in [9.17, 15) is 14.4 Å². The van der Waals surface area contributed by atoms with Gasteiger partial charge < -0.3 is 10.2 Å². The van der Waals surface area contributed by atoms with Crippen molar-refractivity contribution in [3.63, 3.8) is 0 Å². The van der Waals surface area contributed by atoms with Crippen LogP contribution >= 0.6 is 11.8 Å². The van der Waals surface area contributed by atoms with Crippen LogP contribution in [0.25, 0.3) is 0 Å². The first kappa shape index (κ1) is 10.4. The fraction of sp³-hybridized carbons (Fsp3) is 0.556. The van der Waals surface area contributed by atoms with Gasteiger partial charge in [-0.05, 0) is 5.57 Å². The van der Waals surface area contributed by atoms with Crippen LogP contribution in [0.1, 0.15) is 0 Å². The number of rotatable bonds is 1. The molecule has 1 fully saturated rings. The molecule has 0 unspecified atom stereocenters. The maximum Gasteiger partial charge on any atom is 0.107 e. The second-order valence-corrected chi connectivity index (χ2v) is 6.43. The lowest BCUT2D eigenvalue weighted by molar-refractivity contribution is 0.0713. The Kier molecular flexibility index (Phi) is 3.11. The van der Waals surface area contributed by atoms with Crippen LogP contribution in [0.5, 0.6) is 0 Å². The minimum absolute atomic E-state index is 0.135. The van der Waals surface area contributed by atoms with Gasteiger partial charge in [0, 0.05) is 22.3 Å². The number of allylic oxidation sites excluding steroid dienone is 2. The molecular formula is C9H12O3S2. The molecule has 0 bridgehead atoms. The maximum absolute atomic E-state index is 11.6. The lowest BCUT2D eigenvalue weighted by atomic mass is 10.0. The van der Waals surface area contributed by atoms with Gasteiger partial charge in [-0.25, -0.2) is 0 Å². The van der Waals surface area contributed by atoms with E-state index in [0.717, 1.165) is 5.75 Å². The summed E-state index contributed by atoms with van der Waals surface area (Å²) in [6, 6.07) is 0. The summed E-state index contributed by atoms with van der Waals surface area (Å²) in [4.78, 5) is 0. The lowest BCUT2D eigenvalue weighted by Crippen LogP contribution is -2.32. The van der Waals surface area contributed by atoms with E-state index >= 15 is 0 Å². The predicted molar refractivity (Wildman–Crippen MR) is 58.5 cm³/mol. The molecule has 0 aromatic rings. The van der Waals surface area contributed by atoms with Gasteiger partial charge in [0.05, 0.1) is 0 Å². The summed E-state index contributed by atoms with van der Waals surface area (Å²) in [7, 11) is -0.904. The molecule has 1 aliphatic carbocycles. The summed E-state index contributed by atoms with van der Waals surface area (Å²) in [6.07, 6.45) is 3.27. The highest BCUT2D eigenvalue weighted by molar-refractivity contribution is 8.14. The van der Waals surface area contributed by atoms with Crippen molar-refractivity contribution in [1.82, 2.24) is 0 Å². The summed E-state index contributed by atoms with van der Waals surface area (Å²) in [5.74, 6) is 1.54. The molecule has 0 saturated carbocycles. The molecule has 0 aromatic heterocycles. The molecule has 0 spiro atoms. The Hall–Kier alpha value is -0.100. The van der Waals surface area contributed by atoms with Gasteiger partial charge in [-0.2, -0.15) is 0 Å². The SMILES string of the molecule is O=[S@]1CCS[C@@H]1C1=CC=C[C@H](O)[C@@H]1O. The van der Waals surface area contributed by atoms with Gasteiger partial charge >= 0.3 is 0 Å². The normalized spacial score (nSPS) is 42.6. The van der Waals surface area contributed by atoms with Gasteiger partial charge in [0.15, 0.2) is 0 Å². The smallest absolute Gasteiger partial charge is 0.107 e. The zero-order valence-corrected chi connectivity index (χ0v) is 9.13. The Balaban J connectivity index is 2.21. The van der Waals surface area contributed by atoms with E-state index in [4.69, 9.17) is 0 Å². The monoisotopic (exact) mass is 232 g/mol. The molecule has 0 radical (unpaired) electrons. The van der Waals surface area contributed by atoms with Crippen molar-refractivity contribution in [2.45, 2.75) is 16.8 Å². The minimum atomic E-state index is -0.904. The quantitative estimate of drug-likeness (QED) is 0.669. The van der Waals surface area contributed by atoms with E-state index in [1.165, 1.54) is 6.08 Å². The number of aliphatic hydroxyl groups is 2. The van der Waals surface area contributed by atoms with Crippen molar-refractivity contribution in [2.24, 2.45) is 0 Å². The standard InChI is InChI=1S/C9H12O3S2/c10-7-3-1-2-6(8(7)11)9-13-4-5-14(9)12/h1-3,7-11H,4-5H2/t7-,8+,9-,14-/m0/s1. The van der Waals surface area contributed by atoms with Gasteiger partial charge in [-0.3, -0.25) is 4.21 Å². The largest absolute Gasteiger partial charge is 0.386 e. The number of thioether (sulfide) groups is 1. The van der Waals surface area contributed by atoms with E-state index in [1.54, 1.807) is 23.9 Å². The lowest BCUT2D eigenvalue weighted by Gasteiger charge is -2.24. The van der Waals surface area contributed by atoms with E-state index < -0.39 is 23.0 Å². The topological polar surface area (TPSA) is 57.5 Å². The van der Waals surface area contributed by atoms with Gasteiger partial charge in [-0.15, -0.1) is 11.8 Å². The van der Waals surface area contributed by atoms with Crippen LogP contribution < -0.4 is 0 Å². The van der Waals surface area contributed by atoms with Crippen LogP contribution in [-0.4, -0.2) is 42.7 Å².